The molecular weight excluding hydrogens is 134 g/mol. The van der Waals surface area contributed by atoms with Crippen molar-refractivity contribution < 1.29 is 0 Å². The molecule has 2 fully saturated rings. The smallest absolute Gasteiger partial charge is 0.0148 e. The molecule has 1 aliphatic carbocycles. The van der Waals surface area contributed by atoms with Crippen molar-refractivity contribution in [2.45, 2.75) is 45.7 Å². The highest BCUT2D eigenvalue weighted by molar-refractivity contribution is 5.16. The van der Waals surface area contributed by atoms with Gasteiger partial charge >= 0.3 is 0 Å². The second-order valence-corrected chi connectivity index (χ2v) is 4.47. The summed E-state index contributed by atoms with van der Waals surface area (Å²) in [4.78, 5) is 0. The second-order valence-electron chi connectivity index (χ2n) is 4.47. The molecule has 2 rings (SSSR count). The van der Waals surface area contributed by atoms with Crippen LogP contribution in [-0.4, -0.2) is 12.1 Å². The molecule has 0 amide bonds. The Morgan fingerprint density at radius 3 is 2.55 bits per heavy atom. The van der Waals surface area contributed by atoms with Crippen LogP contribution in [0.1, 0.15) is 33.6 Å². The van der Waals surface area contributed by atoms with E-state index in [1.54, 1.807) is 0 Å². The molecule has 0 spiro atoms. The fraction of sp³-hybridized carbons (Fsp3) is 1.00. The zero-order chi connectivity index (χ0) is 8.01. The zero-order valence-electron chi connectivity index (χ0n) is 7.80. The molecule has 1 nitrogen and oxygen atoms in total. The van der Waals surface area contributed by atoms with E-state index in [0.717, 1.165) is 29.8 Å². The summed E-state index contributed by atoms with van der Waals surface area (Å²) >= 11 is 0. The van der Waals surface area contributed by atoms with Crippen LogP contribution >= 0.6 is 0 Å². The largest absolute Gasteiger partial charge is 0.311 e. The van der Waals surface area contributed by atoms with Gasteiger partial charge in [-0.2, -0.15) is 0 Å². The predicted molar refractivity (Wildman–Crippen MR) is 47.4 cm³/mol. The van der Waals surface area contributed by atoms with E-state index in [0.29, 0.717) is 0 Å². The number of hydrogen-bond acceptors (Lipinski definition) is 1. The highest BCUT2D eigenvalue weighted by Gasteiger charge is 2.60. The van der Waals surface area contributed by atoms with Crippen molar-refractivity contribution in [2.24, 2.45) is 17.8 Å². The molecule has 1 saturated heterocycles. The molecule has 5 unspecified atom stereocenters. The molecule has 5 atom stereocenters. The molecule has 0 aromatic heterocycles. The number of hydrogen-bond donors (Lipinski definition) is 1. The SMILES string of the molecule is CCC(C)CC1C2NC(C)C12. The van der Waals surface area contributed by atoms with Gasteiger partial charge in [-0.05, 0) is 31.1 Å². The van der Waals surface area contributed by atoms with E-state index in [1.165, 1.54) is 12.8 Å². The van der Waals surface area contributed by atoms with Crippen LogP contribution in [0.5, 0.6) is 0 Å². The first-order chi connectivity index (χ1) is 5.24. The molecular formula is C10H19N. The first-order valence-electron chi connectivity index (χ1n) is 5.00. The van der Waals surface area contributed by atoms with Crippen LogP contribution in [0.2, 0.25) is 0 Å². The van der Waals surface area contributed by atoms with Crippen molar-refractivity contribution in [3.05, 3.63) is 0 Å². The molecule has 1 N–H and O–H groups in total. The monoisotopic (exact) mass is 153 g/mol. The van der Waals surface area contributed by atoms with E-state index in [2.05, 4.69) is 26.1 Å². The van der Waals surface area contributed by atoms with Crippen LogP contribution < -0.4 is 5.32 Å². The maximum absolute atomic E-state index is 3.56. The van der Waals surface area contributed by atoms with Gasteiger partial charge in [0.05, 0.1) is 0 Å². The summed E-state index contributed by atoms with van der Waals surface area (Å²) in [7, 11) is 0. The van der Waals surface area contributed by atoms with Crippen LogP contribution in [0.3, 0.4) is 0 Å². The molecule has 0 radical (unpaired) electrons. The molecule has 1 heterocycles. The van der Waals surface area contributed by atoms with E-state index >= 15 is 0 Å². The lowest BCUT2D eigenvalue weighted by molar-refractivity contribution is 0.377. The fourth-order valence-corrected chi connectivity index (χ4v) is 2.55. The van der Waals surface area contributed by atoms with Gasteiger partial charge in [-0.15, -0.1) is 0 Å². The number of fused-ring (bicyclic) bond motifs is 1. The van der Waals surface area contributed by atoms with Gasteiger partial charge in [0.2, 0.25) is 0 Å². The lowest BCUT2D eigenvalue weighted by Gasteiger charge is -2.21. The molecule has 2 aliphatic rings. The summed E-state index contributed by atoms with van der Waals surface area (Å²) < 4.78 is 0. The number of rotatable bonds is 3. The minimum Gasteiger partial charge on any atom is -0.311 e. The van der Waals surface area contributed by atoms with Crippen molar-refractivity contribution in [3.8, 4) is 0 Å². The van der Waals surface area contributed by atoms with Gasteiger partial charge < -0.3 is 5.32 Å². The second kappa shape index (κ2) is 2.48. The fourth-order valence-electron chi connectivity index (χ4n) is 2.55. The summed E-state index contributed by atoms with van der Waals surface area (Å²) in [5.74, 6) is 3.04. The van der Waals surface area contributed by atoms with Crippen molar-refractivity contribution in [1.82, 2.24) is 5.32 Å². The summed E-state index contributed by atoms with van der Waals surface area (Å²) in [6.45, 7) is 6.99. The van der Waals surface area contributed by atoms with Gasteiger partial charge in [-0.1, -0.05) is 20.3 Å². The Labute approximate surface area is 69.6 Å². The van der Waals surface area contributed by atoms with E-state index < -0.39 is 0 Å². The Bertz CT molecular complexity index is 155. The Balaban J connectivity index is 1.75. The molecule has 1 saturated carbocycles. The maximum Gasteiger partial charge on any atom is 0.0148 e. The highest BCUT2D eigenvalue weighted by atomic mass is 15.1. The molecule has 64 valence electrons. The third-order valence-electron chi connectivity index (χ3n) is 3.63. The van der Waals surface area contributed by atoms with Crippen LogP contribution in [0.4, 0.5) is 0 Å². The third-order valence-corrected chi connectivity index (χ3v) is 3.63. The van der Waals surface area contributed by atoms with Crippen LogP contribution in [0.25, 0.3) is 0 Å². The molecule has 1 aliphatic heterocycles. The quantitative estimate of drug-likeness (QED) is 0.654. The van der Waals surface area contributed by atoms with Crippen LogP contribution in [0.15, 0.2) is 0 Å². The molecule has 0 bridgehead atoms. The maximum atomic E-state index is 3.56. The Hall–Kier alpha value is -0.0400. The molecule has 0 aromatic rings. The lowest BCUT2D eigenvalue weighted by Crippen LogP contribution is -2.42. The van der Waals surface area contributed by atoms with Crippen molar-refractivity contribution >= 4 is 0 Å². The predicted octanol–water partition coefficient (Wildman–Crippen LogP) is 2.03. The van der Waals surface area contributed by atoms with Gasteiger partial charge in [-0.25, -0.2) is 0 Å². The van der Waals surface area contributed by atoms with Gasteiger partial charge in [0.25, 0.3) is 0 Å². The molecule has 0 aromatic carbocycles. The van der Waals surface area contributed by atoms with E-state index in [9.17, 15) is 0 Å². The third kappa shape index (κ3) is 1.10. The molecule has 1 heteroatoms. The number of nitrogens with one attached hydrogen (secondary N) is 1. The Morgan fingerprint density at radius 1 is 1.45 bits per heavy atom. The first kappa shape index (κ1) is 7.60. The van der Waals surface area contributed by atoms with Gasteiger partial charge in [-0.3, -0.25) is 0 Å². The normalized spacial score (nSPS) is 49.4. The average Bonchev–Trinajstić information content (AvgIpc) is 2.54. The van der Waals surface area contributed by atoms with Gasteiger partial charge in [0.1, 0.15) is 0 Å². The Morgan fingerprint density at radius 2 is 2.18 bits per heavy atom. The van der Waals surface area contributed by atoms with Gasteiger partial charge in [0.15, 0.2) is 0 Å². The van der Waals surface area contributed by atoms with Crippen LogP contribution in [0, 0.1) is 17.8 Å². The minimum absolute atomic E-state index is 0.828. The minimum atomic E-state index is 0.828. The average molecular weight is 153 g/mol. The summed E-state index contributed by atoms with van der Waals surface area (Å²) in [5, 5.41) is 3.56. The zero-order valence-corrected chi connectivity index (χ0v) is 7.80. The van der Waals surface area contributed by atoms with E-state index in [1.807, 2.05) is 0 Å². The van der Waals surface area contributed by atoms with Crippen LogP contribution in [-0.2, 0) is 0 Å². The van der Waals surface area contributed by atoms with Crippen molar-refractivity contribution in [2.75, 3.05) is 0 Å². The first-order valence-corrected chi connectivity index (χ1v) is 5.00. The topological polar surface area (TPSA) is 12.0 Å². The Kier molecular flexibility index (Phi) is 1.71. The van der Waals surface area contributed by atoms with Crippen molar-refractivity contribution in [1.29, 1.82) is 0 Å². The van der Waals surface area contributed by atoms with E-state index in [4.69, 9.17) is 0 Å². The van der Waals surface area contributed by atoms with Crippen molar-refractivity contribution in [3.63, 3.8) is 0 Å². The standard InChI is InChI=1S/C10H19N/c1-4-6(2)5-8-9-7(3)11-10(8)9/h6-11H,4-5H2,1-3H3. The lowest BCUT2D eigenvalue weighted by atomic mass is 10.0. The summed E-state index contributed by atoms with van der Waals surface area (Å²) in [5.41, 5.74) is 0. The van der Waals surface area contributed by atoms with E-state index in [-0.39, 0.29) is 0 Å². The molecule has 11 heavy (non-hydrogen) atoms. The summed E-state index contributed by atoms with van der Waals surface area (Å²) in [6, 6.07) is 1.76. The van der Waals surface area contributed by atoms with Gasteiger partial charge in [0, 0.05) is 12.1 Å². The highest BCUT2D eigenvalue weighted by Crippen LogP contribution is 2.52. The summed E-state index contributed by atoms with van der Waals surface area (Å²) in [6.07, 6.45) is 2.81.